The largest absolute Gasteiger partial charge is 0.478 e. The summed E-state index contributed by atoms with van der Waals surface area (Å²) in [6.07, 6.45) is 6.35. The van der Waals surface area contributed by atoms with Crippen LogP contribution in [-0.4, -0.2) is 35.0 Å². The zero-order chi connectivity index (χ0) is 23.0. The van der Waals surface area contributed by atoms with Crippen LogP contribution in [0.2, 0.25) is 0 Å². The van der Waals surface area contributed by atoms with E-state index in [2.05, 4.69) is 64.8 Å². The molecule has 0 atom stereocenters. The lowest BCUT2D eigenvalue weighted by atomic mass is 9.86. The molecular weight excluding hydrogens is 412 g/mol. The molecule has 0 bridgehead atoms. The van der Waals surface area contributed by atoms with Gasteiger partial charge in [0, 0.05) is 25.2 Å². The van der Waals surface area contributed by atoms with Crippen molar-refractivity contribution in [2.24, 2.45) is 0 Å². The molecule has 0 radical (unpaired) electrons. The van der Waals surface area contributed by atoms with Crippen LogP contribution in [0.1, 0.15) is 35.1 Å². The van der Waals surface area contributed by atoms with E-state index >= 15 is 0 Å². The fraction of sp³-hybridized carbons (Fsp3) is 0.143. The van der Waals surface area contributed by atoms with Crippen molar-refractivity contribution in [3.8, 4) is 0 Å². The standard InChI is InChI=1S/C28H26N2O3/c1-33-17-5-8-25(21-6-3-2-4-7-21)28(23-14-15-26-24(18-23)19-29-30-26)22-12-9-20(10-13-22)11-16-27(31)32/h2-4,6-7,9-16,18-19H,5,8,17H2,1H3,(H,29,30)(H,31,32)/b16-11+,28-25+. The zero-order valence-electron chi connectivity index (χ0n) is 18.5. The summed E-state index contributed by atoms with van der Waals surface area (Å²) in [5.74, 6) is -0.961. The van der Waals surface area contributed by atoms with Crippen LogP contribution in [-0.2, 0) is 9.53 Å². The topological polar surface area (TPSA) is 75.2 Å². The summed E-state index contributed by atoms with van der Waals surface area (Å²) in [5, 5.41) is 17.2. The number of H-pyrrole nitrogens is 1. The number of methoxy groups -OCH3 is 1. The summed E-state index contributed by atoms with van der Waals surface area (Å²) in [7, 11) is 1.73. The maximum atomic E-state index is 10.9. The Morgan fingerprint density at radius 3 is 2.48 bits per heavy atom. The molecule has 33 heavy (non-hydrogen) atoms. The lowest BCUT2D eigenvalue weighted by molar-refractivity contribution is -0.131. The number of rotatable bonds is 9. The Morgan fingerprint density at radius 1 is 1.00 bits per heavy atom. The normalized spacial score (nSPS) is 12.3. The summed E-state index contributed by atoms with van der Waals surface area (Å²) in [6.45, 7) is 0.684. The van der Waals surface area contributed by atoms with Crippen molar-refractivity contribution in [3.63, 3.8) is 0 Å². The van der Waals surface area contributed by atoms with Crippen molar-refractivity contribution in [3.05, 3.63) is 107 Å². The average Bonchev–Trinajstić information content (AvgIpc) is 3.31. The molecule has 0 aliphatic carbocycles. The second kappa shape index (κ2) is 10.6. The van der Waals surface area contributed by atoms with E-state index in [9.17, 15) is 4.79 Å². The van der Waals surface area contributed by atoms with Crippen LogP contribution in [0.3, 0.4) is 0 Å². The number of aromatic amines is 1. The van der Waals surface area contributed by atoms with Crippen molar-refractivity contribution in [1.82, 2.24) is 10.2 Å². The molecular formula is C28H26N2O3. The number of carbonyl (C=O) groups is 1. The van der Waals surface area contributed by atoms with Crippen LogP contribution in [0.15, 0.2) is 85.1 Å². The predicted molar refractivity (Wildman–Crippen MR) is 133 cm³/mol. The molecule has 0 fully saturated rings. The fourth-order valence-electron chi connectivity index (χ4n) is 3.99. The van der Waals surface area contributed by atoms with Gasteiger partial charge in [-0.05, 0) is 64.5 Å². The smallest absolute Gasteiger partial charge is 0.328 e. The Hall–Kier alpha value is -3.96. The Morgan fingerprint density at radius 2 is 1.76 bits per heavy atom. The molecule has 5 nitrogen and oxygen atoms in total. The fourth-order valence-corrected chi connectivity index (χ4v) is 3.99. The third-order valence-electron chi connectivity index (χ3n) is 5.55. The molecule has 0 unspecified atom stereocenters. The molecule has 3 aromatic carbocycles. The first-order valence-corrected chi connectivity index (χ1v) is 10.9. The lowest BCUT2D eigenvalue weighted by Crippen LogP contribution is -1.98. The molecule has 0 aliphatic heterocycles. The van der Waals surface area contributed by atoms with Gasteiger partial charge in [0.25, 0.3) is 0 Å². The summed E-state index contributed by atoms with van der Waals surface area (Å²) >= 11 is 0. The van der Waals surface area contributed by atoms with Crippen LogP contribution in [0.5, 0.6) is 0 Å². The third kappa shape index (κ3) is 5.45. The summed E-state index contributed by atoms with van der Waals surface area (Å²) in [5.41, 5.74) is 7.57. The molecule has 4 rings (SSSR count). The average molecular weight is 439 g/mol. The molecule has 4 aromatic rings. The van der Waals surface area contributed by atoms with E-state index in [1.807, 2.05) is 24.4 Å². The minimum absolute atomic E-state index is 0.684. The SMILES string of the molecule is COCCC/C(=C(/c1ccc(/C=C/C(=O)O)cc1)c1ccc2[nH]ncc2c1)c1ccccc1. The van der Waals surface area contributed by atoms with Crippen molar-refractivity contribution < 1.29 is 14.6 Å². The van der Waals surface area contributed by atoms with Crippen LogP contribution in [0.4, 0.5) is 0 Å². The number of carboxylic acid groups (broad SMARTS) is 1. The van der Waals surface area contributed by atoms with Crippen LogP contribution >= 0.6 is 0 Å². The number of nitrogens with one attached hydrogen (secondary N) is 1. The molecule has 5 heteroatoms. The van der Waals surface area contributed by atoms with Crippen LogP contribution in [0, 0.1) is 0 Å². The first-order chi connectivity index (χ1) is 16.2. The van der Waals surface area contributed by atoms with Crippen molar-refractivity contribution >= 4 is 34.1 Å². The van der Waals surface area contributed by atoms with Gasteiger partial charge < -0.3 is 9.84 Å². The van der Waals surface area contributed by atoms with E-state index in [0.29, 0.717) is 6.61 Å². The van der Waals surface area contributed by atoms with Crippen molar-refractivity contribution in [2.75, 3.05) is 13.7 Å². The van der Waals surface area contributed by atoms with Gasteiger partial charge in [0.05, 0.1) is 11.7 Å². The number of carboxylic acids is 1. The van der Waals surface area contributed by atoms with Gasteiger partial charge in [-0.3, -0.25) is 5.10 Å². The third-order valence-corrected chi connectivity index (χ3v) is 5.55. The Labute approximate surface area is 193 Å². The Bertz CT molecular complexity index is 1290. The maximum absolute atomic E-state index is 10.9. The minimum atomic E-state index is -0.961. The van der Waals surface area contributed by atoms with E-state index in [0.717, 1.165) is 52.1 Å². The first-order valence-electron chi connectivity index (χ1n) is 10.9. The van der Waals surface area contributed by atoms with Gasteiger partial charge in [-0.15, -0.1) is 0 Å². The molecule has 0 spiro atoms. The molecule has 0 aliphatic rings. The number of allylic oxidation sites excluding steroid dienone is 1. The van der Waals surface area contributed by atoms with Gasteiger partial charge in [0.15, 0.2) is 0 Å². The van der Waals surface area contributed by atoms with Gasteiger partial charge in [-0.25, -0.2) is 4.79 Å². The summed E-state index contributed by atoms with van der Waals surface area (Å²) in [6, 6.07) is 24.8. The number of nitrogens with zero attached hydrogens (tertiary/aromatic N) is 1. The van der Waals surface area contributed by atoms with Gasteiger partial charge >= 0.3 is 5.97 Å². The quantitative estimate of drug-likeness (QED) is 0.190. The van der Waals surface area contributed by atoms with Crippen LogP contribution < -0.4 is 0 Å². The highest BCUT2D eigenvalue weighted by Gasteiger charge is 2.15. The molecule has 0 amide bonds. The maximum Gasteiger partial charge on any atom is 0.328 e. The van der Waals surface area contributed by atoms with Crippen molar-refractivity contribution in [2.45, 2.75) is 12.8 Å². The lowest BCUT2D eigenvalue weighted by Gasteiger charge is -2.18. The van der Waals surface area contributed by atoms with E-state index in [1.54, 1.807) is 13.2 Å². The first kappa shape index (κ1) is 22.2. The number of hydrogen-bond donors (Lipinski definition) is 2. The number of aliphatic carboxylic acids is 1. The number of aromatic nitrogens is 2. The monoisotopic (exact) mass is 438 g/mol. The van der Waals surface area contributed by atoms with Crippen molar-refractivity contribution in [1.29, 1.82) is 0 Å². The molecule has 0 saturated heterocycles. The van der Waals surface area contributed by atoms with Gasteiger partial charge in [-0.1, -0.05) is 60.7 Å². The molecule has 1 aromatic heterocycles. The van der Waals surface area contributed by atoms with E-state index < -0.39 is 5.97 Å². The highest BCUT2D eigenvalue weighted by atomic mass is 16.5. The number of hydrogen-bond acceptors (Lipinski definition) is 3. The molecule has 166 valence electrons. The predicted octanol–water partition coefficient (Wildman–Crippen LogP) is 6.05. The van der Waals surface area contributed by atoms with E-state index in [-0.39, 0.29) is 0 Å². The molecule has 1 heterocycles. The number of ether oxygens (including phenoxy) is 1. The molecule has 2 N–H and O–H groups in total. The second-order valence-corrected chi connectivity index (χ2v) is 7.78. The van der Waals surface area contributed by atoms with Gasteiger partial charge in [0.2, 0.25) is 0 Å². The minimum Gasteiger partial charge on any atom is -0.478 e. The van der Waals surface area contributed by atoms with Crippen LogP contribution in [0.25, 0.3) is 28.1 Å². The van der Waals surface area contributed by atoms with Gasteiger partial charge in [0.1, 0.15) is 0 Å². The zero-order valence-corrected chi connectivity index (χ0v) is 18.5. The van der Waals surface area contributed by atoms with E-state index in [1.165, 1.54) is 11.1 Å². The Kier molecular flexibility index (Phi) is 7.12. The van der Waals surface area contributed by atoms with Gasteiger partial charge in [-0.2, -0.15) is 5.10 Å². The molecule has 0 saturated carbocycles. The second-order valence-electron chi connectivity index (χ2n) is 7.78. The highest BCUT2D eigenvalue weighted by molar-refractivity contribution is 6.00. The van der Waals surface area contributed by atoms with E-state index in [4.69, 9.17) is 9.84 Å². The number of benzene rings is 3. The number of fused-ring (bicyclic) bond motifs is 1. The highest BCUT2D eigenvalue weighted by Crippen LogP contribution is 2.36. The Balaban J connectivity index is 1.89. The summed E-state index contributed by atoms with van der Waals surface area (Å²) < 4.78 is 5.34. The summed E-state index contributed by atoms with van der Waals surface area (Å²) in [4.78, 5) is 10.9.